The molecule has 0 aromatic heterocycles. The summed E-state index contributed by atoms with van der Waals surface area (Å²) in [4.78, 5) is 37.7. The van der Waals surface area contributed by atoms with Gasteiger partial charge in [-0.2, -0.15) is 0 Å². The van der Waals surface area contributed by atoms with Gasteiger partial charge in [0.1, 0.15) is 6.61 Å². The molecule has 7 nitrogen and oxygen atoms in total. The van der Waals surface area contributed by atoms with Gasteiger partial charge in [0, 0.05) is 22.5 Å². The van der Waals surface area contributed by atoms with E-state index in [1.54, 1.807) is 0 Å². The highest BCUT2D eigenvalue weighted by Crippen LogP contribution is 2.30. The van der Waals surface area contributed by atoms with Crippen LogP contribution in [0, 0.1) is 0 Å². The normalized spacial score (nSPS) is 26.5. The van der Waals surface area contributed by atoms with Gasteiger partial charge in [0.2, 0.25) is 6.10 Å². The van der Waals surface area contributed by atoms with Gasteiger partial charge in [-0.3, -0.25) is 9.59 Å². The van der Waals surface area contributed by atoms with Crippen LogP contribution >= 0.6 is 11.8 Å². The van der Waals surface area contributed by atoms with Crippen molar-refractivity contribution in [2.75, 3.05) is 12.4 Å². The lowest BCUT2D eigenvalue weighted by atomic mass is 10.0. The van der Waals surface area contributed by atoms with Crippen LogP contribution in [0.25, 0.3) is 0 Å². The van der Waals surface area contributed by atoms with Crippen molar-refractivity contribution < 1.29 is 23.9 Å². The fraction of sp³-hybridized carbons (Fsp3) is 0.571. The van der Waals surface area contributed by atoms with Gasteiger partial charge in [-0.1, -0.05) is 19.3 Å². The Morgan fingerprint density at radius 2 is 1.83 bits per heavy atom. The fourth-order valence-electron chi connectivity index (χ4n) is 4.14. The summed E-state index contributed by atoms with van der Waals surface area (Å²) in [5.74, 6) is 0.654. The zero-order chi connectivity index (χ0) is 20.2. The van der Waals surface area contributed by atoms with E-state index in [1.807, 2.05) is 30.0 Å². The van der Waals surface area contributed by atoms with Gasteiger partial charge in [0.15, 0.2) is 0 Å². The Bertz CT molecular complexity index is 799. The van der Waals surface area contributed by atoms with Gasteiger partial charge < -0.3 is 20.1 Å². The highest BCUT2D eigenvalue weighted by Gasteiger charge is 2.35. The summed E-state index contributed by atoms with van der Waals surface area (Å²) in [5.41, 5.74) is 1.90. The van der Waals surface area contributed by atoms with Gasteiger partial charge in [0.05, 0.1) is 0 Å². The fourth-order valence-corrected chi connectivity index (χ4v) is 5.16. The highest BCUT2D eigenvalue weighted by atomic mass is 32.2. The van der Waals surface area contributed by atoms with Crippen molar-refractivity contribution in [3.63, 3.8) is 0 Å². The lowest BCUT2D eigenvalue weighted by Crippen LogP contribution is -2.53. The Kier molecular flexibility index (Phi) is 6.28. The third-order valence-corrected chi connectivity index (χ3v) is 6.92. The lowest BCUT2D eigenvalue weighted by Gasteiger charge is -2.28. The number of thioether (sulfide) groups is 1. The highest BCUT2D eigenvalue weighted by molar-refractivity contribution is 7.99. The van der Waals surface area contributed by atoms with Gasteiger partial charge in [-0.05, 0) is 55.2 Å². The lowest BCUT2D eigenvalue weighted by molar-refractivity contribution is -0.128. The first kappa shape index (κ1) is 20.1. The number of aryl methyl sites for hydroxylation is 1. The zero-order valence-electron chi connectivity index (χ0n) is 16.3. The maximum Gasteiger partial charge on any atom is 0.509 e. The number of fused-ring (bicyclic) bond motifs is 1. The Labute approximate surface area is 174 Å². The number of hydrogen-bond acceptors (Lipinski definition) is 6. The molecule has 0 spiro atoms. The summed E-state index contributed by atoms with van der Waals surface area (Å²) >= 11 is 1.84. The Balaban J connectivity index is 1.42. The molecule has 156 valence electrons. The largest absolute Gasteiger partial charge is 0.509 e. The summed E-state index contributed by atoms with van der Waals surface area (Å²) in [6.07, 6.45) is 5.03. The van der Waals surface area contributed by atoms with Crippen LogP contribution in [-0.4, -0.2) is 48.5 Å². The van der Waals surface area contributed by atoms with Crippen LogP contribution in [0.15, 0.2) is 23.1 Å². The van der Waals surface area contributed by atoms with Crippen LogP contribution < -0.4 is 10.6 Å². The molecule has 0 bridgehead atoms. The Morgan fingerprint density at radius 3 is 2.59 bits per heavy atom. The van der Waals surface area contributed by atoms with E-state index in [0.29, 0.717) is 5.56 Å². The van der Waals surface area contributed by atoms with Gasteiger partial charge in [-0.25, -0.2) is 4.79 Å². The third-order valence-electron chi connectivity index (χ3n) is 5.71. The van der Waals surface area contributed by atoms with E-state index in [4.69, 9.17) is 9.47 Å². The van der Waals surface area contributed by atoms with Crippen LogP contribution in [0.3, 0.4) is 0 Å². The van der Waals surface area contributed by atoms with Gasteiger partial charge >= 0.3 is 6.16 Å². The molecule has 1 aromatic carbocycles. The summed E-state index contributed by atoms with van der Waals surface area (Å²) < 4.78 is 9.57. The molecule has 2 fully saturated rings. The van der Waals surface area contributed by atoms with E-state index in [1.165, 1.54) is 10.5 Å². The number of hydrogen-bond donors (Lipinski definition) is 2. The van der Waals surface area contributed by atoms with E-state index in [-0.39, 0.29) is 30.5 Å². The maximum absolute atomic E-state index is 12.9. The molecule has 3 atom stereocenters. The van der Waals surface area contributed by atoms with E-state index in [2.05, 4.69) is 10.6 Å². The number of nitrogens with one attached hydrogen (secondary N) is 2. The van der Waals surface area contributed by atoms with Crippen molar-refractivity contribution in [1.82, 2.24) is 10.6 Å². The quantitative estimate of drug-likeness (QED) is 0.577. The van der Waals surface area contributed by atoms with E-state index in [9.17, 15) is 14.4 Å². The average molecular weight is 419 g/mol. The molecule has 0 radical (unpaired) electrons. The van der Waals surface area contributed by atoms with E-state index < -0.39 is 12.3 Å². The molecule has 1 saturated carbocycles. The molecule has 4 rings (SSSR count). The number of rotatable bonds is 4. The first-order valence-electron chi connectivity index (χ1n) is 10.3. The molecule has 3 aliphatic rings. The number of amides is 2. The van der Waals surface area contributed by atoms with Crippen molar-refractivity contribution in [1.29, 1.82) is 0 Å². The van der Waals surface area contributed by atoms with Crippen molar-refractivity contribution >= 4 is 29.7 Å². The summed E-state index contributed by atoms with van der Waals surface area (Å²) in [5, 5.41) is 6.10. The minimum Gasteiger partial charge on any atom is -0.430 e. The van der Waals surface area contributed by atoms with Gasteiger partial charge in [0.25, 0.3) is 11.8 Å². The van der Waals surface area contributed by atoms with Crippen LogP contribution in [0.2, 0.25) is 0 Å². The second-order valence-corrected chi connectivity index (χ2v) is 8.91. The van der Waals surface area contributed by atoms with Gasteiger partial charge in [-0.15, -0.1) is 11.8 Å². The second-order valence-electron chi connectivity index (χ2n) is 7.78. The molecule has 1 aromatic rings. The molecule has 2 heterocycles. The summed E-state index contributed by atoms with van der Waals surface area (Å²) in [6, 6.07) is 5.57. The topological polar surface area (TPSA) is 93.7 Å². The first-order valence-corrected chi connectivity index (χ1v) is 11.3. The predicted molar refractivity (Wildman–Crippen MR) is 108 cm³/mol. The number of carbonyl (C=O) groups is 3. The molecule has 2 amide bonds. The van der Waals surface area contributed by atoms with Crippen molar-refractivity contribution in [2.45, 2.75) is 68.0 Å². The molecule has 1 saturated heterocycles. The number of ether oxygens (including phenoxy) is 2. The van der Waals surface area contributed by atoms with Crippen LogP contribution in [0.4, 0.5) is 4.79 Å². The standard InChI is InChI=1S/C21H26N2O5S/c24-19(14-8-9-18-13(11-14)5-4-10-29-18)22-15-6-2-1-3-7-16(15)23-20(25)17-12-27-21(26)28-17/h8-9,11,15-17H,1-7,10,12H2,(H,22,24)(H,23,25)/t15-,16-,17-/m1/s1. The first-order chi connectivity index (χ1) is 14.1. The minimum absolute atomic E-state index is 0.0679. The Hall–Kier alpha value is -2.22. The minimum atomic E-state index is -0.916. The third kappa shape index (κ3) is 4.86. The van der Waals surface area contributed by atoms with Crippen LogP contribution in [0.5, 0.6) is 0 Å². The molecule has 8 heteroatoms. The van der Waals surface area contributed by atoms with Crippen molar-refractivity contribution in [3.05, 3.63) is 29.3 Å². The molecule has 2 N–H and O–H groups in total. The monoisotopic (exact) mass is 418 g/mol. The van der Waals surface area contributed by atoms with Crippen molar-refractivity contribution in [3.8, 4) is 0 Å². The smallest absolute Gasteiger partial charge is 0.430 e. The van der Waals surface area contributed by atoms with Crippen LogP contribution in [0.1, 0.15) is 54.4 Å². The molecular formula is C21H26N2O5S. The SMILES string of the molecule is O=C1OC[C@H](C(=O)N[C@@H]2CCCCC[C@H]2NC(=O)c2ccc3c(c2)CCCS3)O1. The second kappa shape index (κ2) is 9.07. The predicted octanol–water partition coefficient (Wildman–Crippen LogP) is 2.81. The van der Waals surface area contributed by atoms with E-state index >= 15 is 0 Å². The Morgan fingerprint density at radius 1 is 1.03 bits per heavy atom. The molecular weight excluding hydrogens is 392 g/mol. The number of benzene rings is 1. The maximum atomic E-state index is 12.9. The number of cyclic esters (lactones) is 2. The average Bonchev–Trinajstić information content (AvgIpc) is 3.06. The van der Waals surface area contributed by atoms with E-state index in [0.717, 1.165) is 50.7 Å². The molecule has 2 aliphatic heterocycles. The van der Waals surface area contributed by atoms with Crippen molar-refractivity contribution in [2.24, 2.45) is 0 Å². The summed E-state index contributed by atoms with van der Waals surface area (Å²) in [6.45, 7) is -0.0679. The molecule has 1 aliphatic carbocycles. The molecule has 0 unspecified atom stereocenters. The zero-order valence-corrected chi connectivity index (χ0v) is 17.1. The molecule has 29 heavy (non-hydrogen) atoms. The van der Waals surface area contributed by atoms with Crippen LogP contribution in [-0.2, 0) is 20.7 Å². The number of carbonyl (C=O) groups excluding carboxylic acids is 3. The summed E-state index contributed by atoms with van der Waals surface area (Å²) in [7, 11) is 0.